The summed E-state index contributed by atoms with van der Waals surface area (Å²) in [5.74, 6) is 1.67. The third-order valence-corrected chi connectivity index (χ3v) is 5.04. The maximum Gasteiger partial charge on any atom is 0.162 e. The Balaban J connectivity index is 1.52. The lowest BCUT2D eigenvalue weighted by atomic mass is 10.1. The number of fused-ring (bicyclic) bond motifs is 1. The Morgan fingerprint density at radius 1 is 0.871 bits per heavy atom. The van der Waals surface area contributed by atoms with E-state index < -0.39 is 0 Å². The van der Waals surface area contributed by atoms with Crippen LogP contribution in [0.2, 0.25) is 0 Å². The smallest absolute Gasteiger partial charge is 0.162 e. The summed E-state index contributed by atoms with van der Waals surface area (Å²) < 4.78 is 3.52. The molecule has 0 bridgehead atoms. The fourth-order valence-electron chi connectivity index (χ4n) is 3.49. The topological polar surface area (TPSA) is 92.8 Å². The van der Waals surface area contributed by atoms with E-state index in [1.54, 1.807) is 33.8 Å². The zero-order chi connectivity index (χ0) is 21.4. The van der Waals surface area contributed by atoms with Crippen molar-refractivity contribution in [1.82, 2.24) is 24.5 Å². The van der Waals surface area contributed by atoms with Gasteiger partial charge in [0.05, 0.1) is 23.0 Å². The third-order valence-electron chi connectivity index (χ3n) is 5.04. The van der Waals surface area contributed by atoms with E-state index in [2.05, 4.69) is 20.8 Å². The Morgan fingerprint density at radius 3 is 2.52 bits per heavy atom. The lowest BCUT2D eigenvalue weighted by Gasteiger charge is -2.12. The normalized spacial score (nSPS) is 11.0. The van der Waals surface area contributed by atoms with Gasteiger partial charge in [0.15, 0.2) is 5.65 Å². The number of nitrogens with zero attached hydrogens (tertiary/aromatic N) is 5. The molecule has 31 heavy (non-hydrogen) atoms. The zero-order valence-corrected chi connectivity index (χ0v) is 17.1. The van der Waals surface area contributed by atoms with Gasteiger partial charge in [0.1, 0.15) is 17.4 Å². The highest BCUT2D eigenvalue weighted by molar-refractivity contribution is 5.93. The Kier molecular flexibility index (Phi) is 4.51. The van der Waals surface area contributed by atoms with Crippen molar-refractivity contribution in [3.63, 3.8) is 0 Å². The number of aryl methyl sites for hydroxylation is 2. The van der Waals surface area contributed by atoms with Crippen LogP contribution >= 0.6 is 0 Å². The molecule has 0 fully saturated rings. The molecule has 3 N–H and O–H groups in total. The van der Waals surface area contributed by atoms with Crippen LogP contribution in [-0.2, 0) is 14.1 Å². The van der Waals surface area contributed by atoms with E-state index in [9.17, 15) is 5.11 Å². The molecule has 0 saturated heterocycles. The third kappa shape index (κ3) is 3.66. The minimum atomic E-state index is 0.197. The molecule has 0 saturated carbocycles. The maximum atomic E-state index is 9.79. The number of phenols is 1. The summed E-state index contributed by atoms with van der Waals surface area (Å²) in [6.45, 7) is 0. The fourth-order valence-corrected chi connectivity index (χ4v) is 3.49. The van der Waals surface area contributed by atoms with Crippen LogP contribution in [0.5, 0.6) is 5.75 Å². The Labute approximate surface area is 178 Å². The van der Waals surface area contributed by atoms with Crippen molar-refractivity contribution in [1.29, 1.82) is 0 Å². The van der Waals surface area contributed by atoms with E-state index in [0.29, 0.717) is 5.82 Å². The molecule has 154 valence electrons. The van der Waals surface area contributed by atoms with Gasteiger partial charge in [0.25, 0.3) is 0 Å². The first-order valence-electron chi connectivity index (χ1n) is 9.82. The number of hydrogen-bond donors (Lipinski definition) is 3. The molecule has 3 heterocycles. The monoisotopic (exact) mass is 411 g/mol. The van der Waals surface area contributed by atoms with Crippen LogP contribution < -0.4 is 10.6 Å². The van der Waals surface area contributed by atoms with E-state index in [-0.39, 0.29) is 5.75 Å². The molecular weight excluding hydrogens is 390 g/mol. The number of nitrogens with one attached hydrogen (secondary N) is 2. The quantitative estimate of drug-likeness (QED) is 0.393. The second kappa shape index (κ2) is 7.49. The number of rotatable bonds is 5. The molecule has 0 unspecified atom stereocenters. The molecule has 0 aliphatic carbocycles. The lowest BCUT2D eigenvalue weighted by molar-refractivity contribution is 0.475. The van der Waals surface area contributed by atoms with Crippen molar-refractivity contribution >= 4 is 34.0 Å². The summed E-state index contributed by atoms with van der Waals surface area (Å²) in [7, 11) is 3.75. The van der Waals surface area contributed by atoms with E-state index in [4.69, 9.17) is 4.98 Å². The average Bonchev–Trinajstić information content (AvgIpc) is 3.32. The second-order valence-electron chi connectivity index (χ2n) is 7.27. The van der Waals surface area contributed by atoms with E-state index in [1.165, 1.54) is 0 Å². The molecule has 0 aliphatic rings. The number of hydrogen-bond acceptors (Lipinski definition) is 6. The van der Waals surface area contributed by atoms with E-state index >= 15 is 0 Å². The zero-order valence-electron chi connectivity index (χ0n) is 17.1. The Morgan fingerprint density at radius 2 is 1.71 bits per heavy atom. The molecule has 0 spiro atoms. The predicted octanol–water partition coefficient (Wildman–Crippen LogP) is 4.56. The molecule has 0 amide bonds. The highest BCUT2D eigenvalue weighted by Crippen LogP contribution is 2.31. The lowest BCUT2D eigenvalue weighted by Crippen LogP contribution is -2.03. The molecule has 8 nitrogen and oxygen atoms in total. The first-order valence-corrected chi connectivity index (χ1v) is 9.82. The van der Waals surface area contributed by atoms with Gasteiger partial charge in [-0.3, -0.25) is 9.36 Å². The second-order valence-corrected chi connectivity index (χ2v) is 7.27. The standard InChI is InChI=1S/C23H21N7O/c1-29-22(13-19(28-29)15-7-4-3-5-8-15)26-21-12-20(18-14-24-30(2)23(18)27-21)25-16-9-6-10-17(31)11-16/h3-14,31H,1-2H3,(H2,25,26,27). The summed E-state index contributed by atoms with van der Waals surface area (Å²) in [5, 5.41) is 26.4. The minimum absolute atomic E-state index is 0.197. The Hall–Kier alpha value is -4.33. The minimum Gasteiger partial charge on any atom is -0.508 e. The van der Waals surface area contributed by atoms with Crippen molar-refractivity contribution in [2.45, 2.75) is 0 Å². The van der Waals surface area contributed by atoms with Gasteiger partial charge in [0.2, 0.25) is 0 Å². The maximum absolute atomic E-state index is 9.79. The van der Waals surface area contributed by atoms with Crippen molar-refractivity contribution in [3.8, 4) is 17.0 Å². The summed E-state index contributed by atoms with van der Waals surface area (Å²) in [4.78, 5) is 4.73. The van der Waals surface area contributed by atoms with Crippen LogP contribution in [0.1, 0.15) is 0 Å². The summed E-state index contributed by atoms with van der Waals surface area (Å²) in [5.41, 5.74) is 4.27. The highest BCUT2D eigenvalue weighted by Gasteiger charge is 2.13. The molecule has 8 heteroatoms. The number of aromatic hydroxyl groups is 1. The van der Waals surface area contributed by atoms with Crippen molar-refractivity contribution in [3.05, 3.63) is 72.9 Å². The SMILES string of the molecule is Cn1nc(-c2ccccc2)cc1Nc1cc(Nc2cccc(O)c2)c2cnn(C)c2n1. The molecule has 0 radical (unpaired) electrons. The molecule has 5 rings (SSSR count). The van der Waals surface area contributed by atoms with Crippen molar-refractivity contribution in [2.24, 2.45) is 14.1 Å². The van der Waals surface area contributed by atoms with Crippen LogP contribution in [0.3, 0.4) is 0 Å². The molecule has 3 aromatic heterocycles. The van der Waals surface area contributed by atoms with Crippen molar-refractivity contribution < 1.29 is 5.11 Å². The molecule has 0 aliphatic heterocycles. The van der Waals surface area contributed by atoms with Crippen LogP contribution in [-0.4, -0.2) is 29.7 Å². The molecule has 2 aromatic carbocycles. The summed E-state index contributed by atoms with van der Waals surface area (Å²) >= 11 is 0. The van der Waals surface area contributed by atoms with Gasteiger partial charge in [-0.05, 0) is 12.1 Å². The largest absolute Gasteiger partial charge is 0.508 e. The first-order chi connectivity index (χ1) is 15.1. The van der Waals surface area contributed by atoms with E-state index in [1.807, 2.05) is 62.6 Å². The Bertz CT molecular complexity index is 1370. The van der Waals surface area contributed by atoms with Gasteiger partial charge in [-0.1, -0.05) is 36.4 Å². The van der Waals surface area contributed by atoms with Gasteiger partial charge >= 0.3 is 0 Å². The highest BCUT2D eigenvalue weighted by atomic mass is 16.3. The van der Waals surface area contributed by atoms with Crippen LogP contribution in [0.4, 0.5) is 23.0 Å². The van der Waals surface area contributed by atoms with Gasteiger partial charge in [-0.15, -0.1) is 0 Å². The van der Waals surface area contributed by atoms with Crippen LogP contribution in [0, 0.1) is 0 Å². The summed E-state index contributed by atoms with van der Waals surface area (Å²) in [6.07, 6.45) is 1.77. The fraction of sp³-hybridized carbons (Fsp3) is 0.0870. The van der Waals surface area contributed by atoms with Gasteiger partial charge in [0, 0.05) is 43.5 Å². The number of aromatic nitrogens is 5. The van der Waals surface area contributed by atoms with Crippen molar-refractivity contribution in [2.75, 3.05) is 10.6 Å². The predicted molar refractivity (Wildman–Crippen MR) is 122 cm³/mol. The van der Waals surface area contributed by atoms with Crippen LogP contribution in [0.15, 0.2) is 72.9 Å². The average molecular weight is 411 g/mol. The number of phenolic OH excluding ortho intramolecular Hbond substituents is 1. The number of anilines is 4. The molecular formula is C23H21N7O. The first kappa shape index (κ1) is 18.7. The van der Waals surface area contributed by atoms with E-state index in [0.717, 1.165) is 39.5 Å². The molecule has 0 atom stereocenters. The van der Waals surface area contributed by atoms with Crippen LogP contribution in [0.25, 0.3) is 22.3 Å². The van der Waals surface area contributed by atoms with Gasteiger partial charge in [-0.2, -0.15) is 10.2 Å². The number of benzene rings is 2. The molecule has 5 aromatic rings. The van der Waals surface area contributed by atoms with Gasteiger partial charge < -0.3 is 15.7 Å². The van der Waals surface area contributed by atoms with Gasteiger partial charge in [-0.25, -0.2) is 4.98 Å². The number of pyridine rings is 1. The summed E-state index contributed by atoms with van der Waals surface area (Å²) in [6, 6.07) is 20.9.